The standard InChI is InChI=1S/C17H26N4O.3ClH/c18-17(19-22)14-4-6-15(7-5-14)21-12-8-16(9-13-21)20-10-2-1-3-11-20;;;/h4-7,16,22H,1-3,8-13H2,(H2,18,19);3*1H. The molecule has 3 N–H and O–H groups in total. The van der Waals surface area contributed by atoms with Crippen LogP contribution in [0, 0.1) is 0 Å². The van der Waals surface area contributed by atoms with Crippen LogP contribution in [-0.4, -0.2) is 48.2 Å². The van der Waals surface area contributed by atoms with Crippen molar-refractivity contribution in [2.45, 2.75) is 38.1 Å². The summed E-state index contributed by atoms with van der Waals surface area (Å²) in [5.41, 5.74) is 7.59. The van der Waals surface area contributed by atoms with Crippen molar-refractivity contribution < 1.29 is 5.21 Å². The molecule has 2 aliphatic rings. The number of nitrogens with zero attached hydrogens (tertiary/aromatic N) is 3. The molecule has 0 radical (unpaired) electrons. The van der Waals surface area contributed by atoms with Gasteiger partial charge in [-0.25, -0.2) is 0 Å². The van der Waals surface area contributed by atoms with E-state index in [1.807, 2.05) is 12.1 Å². The van der Waals surface area contributed by atoms with Crippen LogP contribution in [0.4, 0.5) is 5.69 Å². The molecule has 0 amide bonds. The quantitative estimate of drug-likeness (QED) is 0.346. The van der Waals surface area contributed by atoms with E-state index in [9.17, 15) is 0 Å². The van der Waals surface area contributed by atoms with E-state index in [4.69, 9.17) is 10.9 Å². The Morgan fingerprint density at radius 3 is 2.00 bits per heavy atom. The zero-order valence-corrected chi connectivity index (χ0v) is 16.8. The highest BCUT2D eigenvalue weighted by molar-refractivity contribution is 5.97. The van der Waals surface area contributed by atoms with Crippen LogP contribution in [0.1, 0.15) is 37.7 Å². The molecule has 3 rings (SSSR count). The van der Waals surface area contributed by atoms with E-state index in [0.29, 0.717) is 0 Å². The molecule has 25 heavy (non-hydrogen) atoms. The summed E-state index contributed by atoms with van der Waals surface area (Å²) >= 11 is 0. The van der Waals surface area contributed by atoms with E-state index in [0.717, 1.165) is 24.7 Å². The topological polar surface area (TPSA) is 65.1 Å². The summed E-state index contributed by atoms with van der Waals surface area (Å²) < 4.78 is 0. The number of nitrogens with two attached hydrogens (primary N) is 1. The van der Waals surface area contributed by atoms with Crippen LogP contribution >= 0.6 is 37.2 Å². The lowest BCUT2D eigenvalue weighted by atomic mass is 9.99. The Hall–Kier alpha value is -0.880. The average molecular weight is 412 g/mol. The number of oxime groups is 1. The average Bonchev–Trinajstić information content (AvgIpc) is 2.62. The van der Waals surface area contributed by atoms with Gasteiger partial charge in [0.25, 0.3) is 0 Å². The van der Waals surface area contributed by atoms with Crippen LogP contribution in [0.25, 0.3) is 0 Å². The van der Waals surface area contributed by atoms with Crippen LogP contribution in [-0.2, 0) is 0 Å². The maximum absolute atomic E-state index is 8.71. The van der Waals surface area contributed by atoms with Gasteiger partial charge >= 0.3 is 0 Å². The van der Waals surface area contributed by atoms with Gasteiger partial charge in [0.1, 0.15) is 0 Å². The van der Waals surface area contributed by atoms with Crippen molar-refractivity contribution in [1.82, 2.24) is 4.90 Å². The first kappa shape index (κ1) is 24.1. The maximum atomic E-state index is 8.71. The van der Waals surface area contributed by atoms with Crippen LogP contribution in [0.5, 0.6) is 0 Å². The molecule has 2 heterocycles. The van der Waals surface area contributed by atoms with Crippen molar-refractivity contribution >= 4 is 48.7 Å². The highest BCUT2D eigenvalue weighted by Gasteiger charge is 2.25. The van der Waals surface area contributed by atoms with Crippen molar-refractivity contribution in [3.8, 4) is 0 Å². The molecule has 0 aromatic heterocycles. The maximum Gasteiger partial charge on any atom is 0.170 e. The highest BCUT2D eigenvalue weighted by Crippen LogP contribution is 2.24. The number of anilines is 1. The van der Waals surface area contributed by atoms with Gasteiger partial charge in [0.05, 0.1) is 0 Å². The first-order valence-electron chi connectivity index (χ1n) is 8.35. The third kappa shape index (κ3) is 6.10. The number of hydrogen-bond acceptors (Lipinski definition) is 4. The van der Waals surface area contributed by atoms with Crippen LogP contribution < -0.4 is 10.6 Å². The second kappa shape index (κ2) is 11.7. The molecule has 0 spiro atoms. The molecule has 0 atom stereocenters. The lowest BCUT2D eigenvalue weighted by Crippen LogP contribution is -2.46. The molecule has 0 saturated carbocycles. The molecular weight excluding hydrogens is 383 g/mol. The fourth-order valence-electron chi connectivity index (χ4n) is 3.67. The minimum Gasteiger partial charge on any atom is -0.409 e. The highest BCUT2D eigenvalue weighted by atomic mass is 35.5. The van der Waals surface area contributed by atoms with E-state index in [-0.39, 0.29) is 43.1 Å². The largest absolute Gasteiger partial charge is 0.409 e. The Balaban J connectivity index is 0.00000192. The Kier molecular flexibility index (Phi) is 11.3. The van der Waals surface area contributed by atoms with E-state index < -0.39 is 0 Å². The third-order valence-corrected chi connectivity index (χ3v) is 5.01. The van der Waals surface area contributed by atoms with E-state index in [1.54, 1.807) is 0 Å². The Labute approximate surface area is 168 Å². The molecule has 1 aromatic carbocycles. The van der Waals surface area contributed by atoms with E-state index in [2.05, 4.69) is 27.1 Å². The smallest absolute Gasteiger partial charge is 0.170 e. The van der Waals surface area contributed by atoms with Gasteiger partial charge in [0, 0.05) is 30.4 Å². The third-order valence-electron chi connectivity index (χ3n) is 5.01. The molecule has 8 heteroatoms. The lowest BCUT2D eigenvalue weighted by molar-refractivity contribution is 0.141. The lowest BCUT2D eigenvalue weighted by Gasteiger charge is -2.41. The zero-order valence-electron chi connectivity index (χ0n) is 14.3. The Bertz CT molecular complexity index is 513. The van der Waals surface area contributed by atoms with Crippen molar-refractivity contribution in [1.29, 1.82) is 0 Å². The summed E-state index contributed by atoms with van der Waals surface area (Å²) in [6, 6.07) is 8.73. The Morgan fingerprint density at radius 2 is 1.48 bits per heavy atom. The summed E-state index contributed by atoms with van der Waals surface area (Å²) in [4.78, 5) is 5.14. The van der Waals surface area contributed by atoms with Gasteiger partial charge in [-0.1, -0.05) is 11.6 Å². The molecule has 144 valence electrons. The van der Waals surface area contributed by atoms with Crippen LogP contribution in [0.2, 0.25) is 0 Å². The summed E-state index contributed by atoms with van der Waals surface area (Å²) in [6.45, 7) is 4.81. The minimum atomic E-state index is 0. The fraction of sp³-hybridized carbons (Fsp3) is 0.588. The zero-order chi connectivity index (χ0) is 15.4. The second-order valence-corrected chi connectivity index (χ2v) is 6.35. The normalized spacial score (nSPS) is 19.4. The number of amidine groups is 1. The van der Waals surface area contributed by atoms with Crippen molar-refractivity contribution in [3.63, 3.8) is 0 Å². The van der Waals surface area contributed by atoms with Gasteiger partial charge < -0.3 is 20.7 Å². The molecule has 0 aliphatic carbocycles. The number of halogens is 3. The minimum absolute atomic E-state index is 0. The van der Waals surface area contributed by atoms with Gasteiger partial charge in [-0.15, -0.1) is 37.2 Å². The fourth-order valence-corrected chi connectivity index (χ4v) is 3.67. The summed E-state index contributed by atoms with van der Waals surface area (Å²) in [7, 11) is 0. The van der Waals surface area contributed by atoms with Gasteiger partial charge in [-0.05, 0) is 63.0 Å². The van der Waals surface area contributed by atoms with E-state index >= 15 is 0 Å². The van der Waals surface area contributed by atoms with Crippen LogP contribution in [0.15, 0.2) is 29.4 Å². The first-order chi connectivity index (χ1) is 10.8. The molecule has 0 bridgehead atoms. The predicted octanol–water partition coefficient (Wildman–Crippen LogP) is 3.50. The van der Waals surface area contributed by atoms with Crippen molar-refractivity contribution in [2.75, 3.05) is 31.1 Å². The van der Waals surface area contributed by atoms with Gasteiger partial charge in [0.2, 0.25) is 0 Å². The molecule has 0 unspecified atom stereocenters. The van der Waals surface area contributed by atoms with Gasteiger partial charge in [-0.2, -0.15) is 0 Å². The number of hydrogen-bond donors (Lipinski definition) is 2. The van der Waals surface area contributed by atoms with Crippen molar-refractivity contribution in [2.24, 2.45) is 10.9 Å². The summed E-state index contributed by atoms with van der Waals surface area (Å²) in [5.74, 6) is 0.162. The number of benzene rings is 1. The number of piperidine rings is 2. The Morgan fingerprint density at radius 1 is 0.920 bits per heavy atom. The summed E-state index contributed by atoms with van der Waals surface area (Å²) in [6.07, 6.45) is 6.65. The SMILES string of the molecule is Cl.Cl.Cl.NC(=NO)c1ccc(N2CCC(N3CCCCC3)CC2)cc1. The second-order valence-electron chi connectivity index (χ2n) is 6.35. The molecule has 5 nitrogen and oxygen atoms in total. The van der Waals surface area contributed by atoms with Crippen LogP contribution in [0.3, 0.4) is 0 Å². The predicted molar refractivity (Wildman–Crippen MR) is 111 cm³/mol. The van der Waals surface area contributed by atoms with E-state index in [1.165, 1.54) is 50.9 Å². The first-order valence-corrected chi connectivity index (χ1v) is 8.35. The number of likely N-dealkylation sites (tertiary alicyclic amines) is 1. The van der Waals surface area contributed by atoms with Gasteiger partial charge in [-0.3, -0.25) is 0 Å². The molecule has 2 saturated heterocycles. The molecule has 1 aromatic rings. The van der Waals surface area contributed by atoms with Gasteiger partial charge in [0.15, 0.2) is 5.84 Å². The molecular formula is C17H29Cl3N4O. The van der Waals surface area contributed by atoms with Crippen molar-refractivity contribution in [3.05, 3.63) is 29.8 Å². The molecule has 2 fully saturated rings. The number of rotatable bonds is 3. The summed E-state index contributed by atoms with van der Waals surface area (Å²) in [5, 5.41) is 11.7. The molecule has 2 aliphatic heterocycles. The monoisotopic (exact) mass is 410 g/mol.